The van der Waals surface area contributed by atoms with E-state index in [4.69, 9.17) is 0 Å². The zero-order valence-electron chi connectivity index (χ0n) is 11.8. The molecule has 0 fully saturated rings. The van der Waals surface area contributed by atoms with Gasteiger partial charge in [0.05, 0.1) is 24.6 Å². The van der Waals surface area contributed by atoms with Crippen molar-refractivity contribution < 1.29 is 0 Å². The molecule has 0 heterocycles. The Balaban J connectivity index is 4.37. The molecule has 96 valence electrons. The summed E-state index contributed by atoms with van der Waals surface area (Å²) in [4.78, 5) is 0. The van der Waals surface area contributed by atoms with Crippen LogP contribution in [0.25, 0.3) is 0 Å². The van der Waals surface area contributed by atoms with Crippen molar-refractivity contribution in [2.24, 2.45) is 0 Å². The number of allylic oxidation sites excluding steroid dienone is 1. The van der Waals surface area contributed by atoms with Gasteiger partial charge in [-0.3, -0.25) is 0 Å². The molecule has 0 radical (unpaired) electrons. The monoisotopic (exact) mass is 243 g/mol. The van der Waals surface area contributed by atoms with Gasteiger partial charge in [0.1, 0.15) is 0 Å². The van der Waals surface area contributed by atoms with E-state index in [1.807, 2.05) is 0 Å². The molecule has 0 N–H and O–H groups in total. The number of unbranched alkanes of at least 4 members (excludes halogenated alkanes) is 3. The van der Waals surface area contributed by atoms with E-state index in [1.54, 1.807) is 0 Å². The normalized spacial score (nSPS) is 11.7. The fourth-order valence-electron chi connectivity index (χ4n) is 2.36. The van der Waals surface area contributed by atoms with E-state index < -0.39 is 7.26 Å². The third-order valence-corrected chi connectivity index (χ3v) is 8.30. The lowest BCUT2D eigenvalue weighted by molar-refractivity contribution is 0.836. The highest BCUT2D eigenvalue weighted by molar-refractivity contribution is 7.76. The Morgan fingerprint density at radius 2 is 1.19 bits per heavy atom. The van der Waals surface area contributed by atoms with Crippen molar-refractivity contribution >= 4 is 7.26 Å². The molecule has 0 spiro atoms. The molecular formula is C15H32P+. The predicted molar refractivity (Wildman–Crippen MR) is 81.3 cm³/mol. The molecule has 0 saturated heterocycles. The topological polar surface area (TPSA) is 0 Å². The van der Waals surface area contributed by atoms with E-state index in [9.17, 15) is 0 Å². The van der Waals surface area contributed by atoms with Gasteiger partial charge in [-0.25, -0.2) is 0 Å². The molecule has 0 saturated carbocycles. The minimum absolute atomic E-state index is 0.664. The van der Waals surface area contributed by atoms with Crippen molar-refractivity contribution in [3.05, 3.63) is 12.7 Å². The number of hydrogen-bond donors (Lipinski definition) is 0. The first-order chi connectivity index (χ1) is 7.74. The molecule has 0 aliphatic carbocycles. The maximum atomic E-state index is 4.00. The molecule has 0 aromatic rings. The summed E-state index contributed by atoms with van der Waals surface area (Å²) in [6.45, 7) is 11.0. The molecule has 0 aliphatic rings. The van der Waals surface area contributed by atoms with Gasteiger partial charge in [0.2, 0.25) is 0 Å². The van der Waals surface area contributed by atoms with Gasteiger partial charge in [-0.2, -0.15) is 0 Å². The SMILES string of the molecule is C=CC[P+](CCCC)(CCCC)CCCC. The third-order valence-electron chi connectivity index (χ3n) is 3.47. The van der Waals surface area contributed by atoms with Crippen LogP contribution in [0.15, 0.2) is 12.7 Å². The van der Waals surface area contributed by atoms with Crippen LogP contribution >= 0.6 is 7.26 Å². The van der Waals surface area contributed by atoms with E-state index >= 15 is 0 Å². The number of hydrogen-bond acceptors (Lipinski definition) is 0. The average molecular weight is 243 g/mol. The Morgan fingerprint density at radius 1 is 0.812 bits per heavy atom. The van der Waals surface area contributed by atoms with Crippen LogP contribution in [0.5, 0.6) is 0 Å². The first kappa shape index (κ1) is 16.2. The summed E-state index contributed by atoms with van der Waals surface area (Å²) >= 11 is 0. The Hall–Kier alpha value is 0.170. The summed E-state index contributed by atoms with van der Waals surface area (Å²) in [5, 5.41) is 0. The Bertz CT molecular complexity index is 141. The molecular weight excluding hydrogens is 211 g/mol. The second kappa shape index (κ2) is 10.3. The first-order valence-corrected chi connectivity index (χ1v) is 9.73. The van der Waals surface area contributed by atoms with Crippen molar-refractivity contribution in [1.29, 1.82) is 0 Å². The predicted octanol–water partition coefficient (Wildman–Crippen LogP) is 5.59. The molecule has 0 amide bonds. The zero-order chi connectivity index (χ0) is 12.3. The summed E-state index contributed by atoms with van der Waals surface area (Å²) in [5.74, 6) is 0. The minimum Gasteiger partial charge on any atom is -0.0995 e. The van der Waals surface area contributed by atoms with Gasteiger partial charge in [0.15, 0.2) is 0 Å². The van der Waals surface area contributed by atoms with E-state index in [2.05, 4.69) is 33.4 Å². The minimum atomic E-state index is -0.664. The summed E-state index contributed by atoms with van der Waals surface area (Å²) in [5.41, 5.74) is 0. The van der Waals surface area contributed by atoms with E-state index in [0.717, 1.165) is 0 Å². The molecule has 1 heteroatoms. The maximum Gasteiger partial charge on any atom is 0.0771 e. The summed E-state index contributed by atoms with van der Waals surface area (Å²) in [7, 11) is -0.664. The second-order valence-corrected chi connectivity index (χ2v) is 9.43. The van der Waals surface area contributed by atoms with Crippen LogP contribution in [-0.2, 0) is 0 Å². The van der Waals surface area contributed by atoms with Gasteiger partial charge in [-0.15, -0.1) is 0 Å². The Morgan fingerprint density at radius 3 is 1.44 bits per heavy atom. The van der Waals surface area contributed by atoms with Gasteiger partial charge in [0.25, 0.3) is 0 Å². The Kier molecular flexibility index (Phi) is 10.4. The highest BCUT2D eigenvalue weighted by atomic mass is 31.2. The molecule has 0 aromatic carbocycles. The van der Waals surface area contributed by atoms with Crippen LogP contribution in [0.1, 0.15) is 59.3 Å². The maximum absolute atomic E-state index is 4.00. The number of rotatable bonds is 11. The summed E-state index contributed by atoms with van der Waals surface area (Å²) in [6.07, 6.45) is 16.5. The Labute approximate surface area is 104 Å². The summed E-state index contributed by atoms with van der Waals surface area (Å²) < 4.78 is 0. The average Bonchev–Trinajstić information content (AvgIpc) is 2.31. The van der Waals surface area contributed by atoms with Crippen LogP contribution in [-0.4, -0.2) is 24.6 Å². The molecule has 16 heavy (non-hydrogen) atoms. The molecule has 0 aliphatic heterocycles. The highest BCUT2D eigenvalue weighted by Crippen LogP contribution is 2.60. The van der Waals surface area contributed by atoms with E-state index in [0.29, 0.717) is 0 Å². The van der Waals surface area contributed by atoms with Crippen molar-refractivity contribution in [3.8, 4) is 0 Å². The van der Waals surface area contributed by atoms with Gasteiger partial charge >= 0.3 is 0 Å². The fourth-order valence-corrected chi connectivity index (χ4v) is 7.09. The third kappa shape index (κ3) is 6.69. The zero-order valence-corrected chi connectivity index (χ0v) is 12.7. The van der Waals surface area contributed by atoms with Crippen LogP contribution in [0, 0.1) is 0 Å². The molecule has 0 unspecified atom stereocenters. The molecule has 0 nitrogen and oxygen atoms in total. The lowest BCUT2D eigenvalue weighted by Gasteiger charge is -2.26. The standard InChI is InChI=1S/C15H32P/c1-5-9-13-16(12-8-4,14-10-6-2)15-11-7-3/h8H,4-7,9-15H2,1-3H3/q+1. The van der Waals surface area contributed by atoms with Gasteiger partial charge in [0, 0.05) is 7.26 Å². The van der Waals surface area contributed by atoms with Crippen molar-refractivity contribution in [2.45, 2.75) is 59.3 Å². The summed E-state index contributed by atoms with van der Waals surface area (Å²) in [6, 6.07) is 0. The largest absolute Gasteiger partial charge is 0.0995 e. The van der Waals surface area contributed by atoms with E-state index in [1.165, 1.54) is 63.2 Å². The lowest BCUT2D eigenvalue weighted by atomic mass is 10.4. The molecule has 0 aromatic heterocycles. The molecule has 0 bridgehead atoms. The second-order valence-electron chi connectivity index (χ2n) is 5.04. The van der Waals surface area contributed by atoms with Gasteiger partial charge in [-0.1, -0.05) is 52.7 Å². The van der Waals surface area contributed by atoms with Crippen LogP contribution in [0.4, 0.5) is 0 Å². The highest BCUT2D eigenvalue weighted by Gasteiger charge is 2.33. The van der Waals surface area contributed by atoms with Crippen LogP contribution in [0.2, 0.25) is 0 Å². The van der Waals surface area contributed by atoms with Crippen LogP contribution < -0.4 is 0 Å². The fraction of sp³-hybridized carbons (Fsp3) is 0.867. The van der Waals surface area contributed by atoms with E-state index in [-0.39, 0.29) is 0 Å². The van der Waals surface area contributed by atoms with Crippen LogP contribution in [0.3, 0.4) is 0 Å². The molecule has 0 rings (SSSR count). The quantitative estimate of drug-likeness (QED) is 0.328. The van der Waals surface area contributed by atoms with Crippen molar-refractivity contribution in [2.75, 3.05) is 24.6 Å². The first-order valence-electron chi connectivity index (χ1n) is 7.20. The lowest BCUT2D eigenvalue weighted by Crippen LogP contribution is -2.11. The van der Waals surface area contributed by atoms with Gasteiger partial charge < -0.3 is 0 Å². The van der Waals surface area contributed by atoms with Crippen molar-refractivity contribution in [1.82, 2.24) is 0 Å². The van der Waals surface area contributed by atoms with Gasteiger partial charge in [-0.05, 0) is 19.3 Å². The van der Waals surface area contributed by atoms with Crippen molar-refractivity contribution in [3.63, 3.8) is 0 Å². The smallest absolute Gasteiger partial charge is 0.0771 e. The molecule has 0 atom stereocenters.